The molecule has 0 amide bonds. The summed E-state index contributed by atoms with van der Waals surface area (Å²) in [6.45, 7) is 0.597. The van der Waals surface area contributed by atoms with E-state index in [1.54, 1.807) is 4.68 Å². The van der Waals surface area contributed by atoms with Crippen molar-refractivity contribution in [2.45, 2.75) is 30.4 Å². The zero-order valence-corrected chi connectivity index (χ0v) is 11.6. The van der Waals surface area contributed by atoms with Crippen LogP contribution in [0.15, 0.2) is 24.3 Å². The second kappa shape index (κ2) is 5.11. The Morgan fingerprint density at radius 2 is 2.26 bits per heavy atom. The third-order valence-corrected chi connectivity index (χ3v) is 4.50. The zero-order chi connectivity index (χ0) is 13.3. The normalized spacial score (nSPS) is 25.6. The molecule has 3 rings (SSSR count). The molecule has 5 nitrogen and oxygen atoms in total. The van der Waals surface area contributed by atoms with E-state index < -0.39 is 5.79 Å². The molecule has 0 bridgehead atoms. The Labute approximate surface area is 115 Å². The molecule has 2 unspecified atom stereocenters. The number of rotatable bonds is 3. The van der Waals surface area contributed by atoms with Gasteiger partial charge in [0.25, 0.3) is 0 Å². The van der Waals surface area contributed by atoms with Crippen LogP contribution in [0.1, 0.15) is 24.6 Å². The second-order valence-corrected chi connectivity index (χ2v) is 5.68. The van der Waals surface area contributed by atoms with Gasteiger partial charge >= 0.3 is 0 Å². The van der Waals surface area contributed by atoms with E-state index in [9.17, 15) is 5.11 Å². The van der Waals surface area contributed by atoms with Gasteiger partial charge in [0.05, 0.1) is 12.1 Å². The van der Waals surface area contributed by atoms with Gasteiger partial charge in [-0.15, -0.1) is 16.9 Å². The quantitative estimate of drug-likeness (QED) is 0.933. The molecule has 2 heterocycles. The van der Waals surface area contributed by atoms with Crippen molar-refractivity contribution in [2.75, 3.05) is 12.9 Å². The molecule has 1 aliphatic rings. The van der Waals surface area contributed by atoms with E-state index in [0.29, 0.717) is 13.0 Å². The standard InChI is InChI=1S/C13H17N3O2S/c1-19-12(13(17)8-4-5-9-18-13)16-11-7-3-2-6-10(11)14-15-16/h2-3,6-7,12,17H,4-5,8-9H2,1H3. The highest BCUT2D eigenvalue weighted by Crippen LogP contribution is 2.39. The van der Waals surface area contributed by atoms with Gasteiger partial charge < -0.3 is 9.84 Å². The van der Waals surface area contributed by atoms with Gasteiger partial charge in [-0.2, -0.15) is 0 Å². The number of aliphatic hydroxyl groups is 1. The fraction of sp³-hybridized carbons (Fsp3) is 0.538. The third kappa shape index (κ3) is 2.24. The first-order valence-electron chi connectivity index (χ1n) is 6.44. The van der Waals surface area contributed by atoms with E-state index in [-0.39, 0.29) is 5.37 Å². The van der Waals surface area contributed by atoms with E-state index in [1.165, 1.54) is 11.8 Å². The van der Waals surface area contributed by atoms with Crippen LogP contribution in [-0.4, -0.2) is 38.8 Å². The fourth-order valence-corrected chi connectivity index (χ4v) is 3.44. The number of ether oxygens (including phenoxy) is 1. The molecule has 19 heavy (non-hydrogen) atoms. The minimum absolute atomic E-state index is 0.278. The van der Waals surface area contributed by atoms with Crippen molar-refractivity contribution in [3.8, 4) is 0 Å². The number of para-hydroxylation sites is 1. The number of hydrogen-bond donors (Lipinski definition) is 1. The molecule has 0 saturated carbocycles. The van der Waals surface area contributed by atoms with Crippen molar-refractivity contribution in [3.05, 3.63) is 24.3 Å². The Balaban J connectivity index is 2.02. The van der Waals surface area contributed by atoms with Gasteiger partial charge in [-0.3, -0.25) is 0 Å². The van der Waals surface area contributed by atoms with Crippen LogP contribution in [0.4, 0.5) is 0 Å². The van der Waals surface area contributed by atoms with Crippen molar-refractivity contribution >= 4 is 22.8 Å². The molecule has 1 aromatic heterocycles. The summed E-state index contributed by atoms with van der Waals surface area (Å²) in [5, 5.41) is 18.8. The van der Waals surface area contributed by atoms with Crippen molar-refractivity contribution in [1.29, 1.82) is 0 Å². The highest BCUT2D eigenvalue weighted by Gasteiger charge is 2.41. The summed E-state index contributed by atoms with van der Waals surface area (Å²) in [6, 6.07) is 7.76. The topological polar surface area (TPSA) is 60.2 Å². The first-order chi connectivity index (χ1) is 9.24. The maximum absolute atomic E-state index is 10.7. The predicted molar refractivity (Wildman–Crippen MR) is 74.8 cm³/mol. The minimum atomic E-state index is -1.16. The van der Waals surface area contributed by atoms with Crippen LogP contribution in [0.5, 0.6) is 0 Å². The first kappa shape index (κ1) is 12.9. The molecule has 6 heteroatoms. The van der Waals surface area contributed by atoms with E-state index in [2.05, 4.69) is 10.3 Å². The SMILES string of the molecule is CSC(n1nnc2ccccc21)C1(O)CCCCO1. The highest BCUT2D eigenvalue weighted by atomic mass is 32.2. The number of nitrogens with zero attached hydrogens (tertiary/aromatic N) is 3. The molecule has 2 atom stereocenters. The van der Waals surface area contributed by atoms with E-state index in [0.717, 1.165) is 23.9 Å². The molecule has 2 aromatic rings. The number of thioether (sulfide) groups is 1. The van der Waals surface area contributed by atoms with Crippen molar-refractivity contribution < 1.29 is 9.84 Å². The highest BCUT2D eigenvalue weighted by molar-refractivity contribution is 7.98. The van der Waals surface area contributed by atoms with Crippen LogP contribution in [0.25, 0.3) is 11.0 Å². The lowest BCUT2D eigenvalue weighted by atomic mass is 10.1. The molecule has 1 N–H and O–H groups in total. The van der Waals surface area contributed by atoms with Crippen LogP contribution in [0.3, 0.4) is 0 Å². The van der Waals surface area contributed by atoms with E-state index in [4.69, 9.17) is 4.74 Å². The Morgan fingerprint density at radius 1 is 1.42 bits per heavy atom. The van der Waals surface area contributed by atoms with Gasteiger partial charge in [0, 0.05) is 6.42 Å². The molecule has 1 saturated heterocycles. The van der Waals surface area contributed by atoms with Crippen LogP contribution in [0.2, 0.25) is 0 Å². The predicted octanol–water partition coefficient (Wildman–Crippen LogP) is 2.18. The number of hydrogen-bond acceptors (Lipinski definition) is 5. The molecule has 1 aromatic carbocycles. The monoisotopic (exact) mass is 279 g/mol. The first-order valence-corrected chi connectivity index (χ1v) is 7.72. The van der Waals surface area contributed by atoms with E-state index >= 15 is 0 Å². The van der Waals surface area contributed by atoms with Gasteiger partial charge in [0.1, 0.15) is 5.52 Å². The fourth-order valence-electron chi connectivity index (χ4n) is 2.53. The summed E-state index contributed by atoms with van der Waals surface area (Å²) in [6.07, 6.45) is 4.56. The van der Waals surface area contributed by atoms with Gasteiger partial charge in [0.15, 0.2) is 11.2 Å². The maximum Gasteiger partial charge on any atom is 0.198 e. The summed E-state index contributed by atoms with van der Waals surface area (Å²) >= 11 is 1.53. The average Bonchev–Trinajstić information content (AvgIpc) is 2.84. The lowest BCUT2D eigenvalue weighted by Crippen LogP contribution is -2.43. The van der Waals surface area contributed by atoms with Crippen molar-refractivity contribution in [1.82, 2.24) is 15.0 Å². The molecule has 1 aliphatic heterocycles. The molecular formula is C13H17N3O2S. The third-order valence-electron chi connectivity index (χ3n) is 3.49. The van der Waals surface area contributed by atoms with Crippen LogP contribution >= 0.6 is 11.8 Å². The van der Waals surface area contributed by atoms with Crippen LogP contribution < -0.4 is 0 Å². The molecule has 0 aliphatic carbocycles. The number of benzene rings is 1. The Bertz CT molecular complexity index is 566. The van der Waals surface area contributed by atoms with Crippen molar-refractivity contribution in [3.63, 3.8) is 0 Å². The Morgan fingerprint density at radius 3 is 3.00 bits per heavy atom. The molecule has 0 spiro atoms. The van der Waals surface area contributed by atoms with E-state index in [1.807, 2.05) is 30.5 Å². The molecular weight excluding hydrogens is 262 g/mol. The molecule has 0 radical (unpaired) electrons. The number of fused-ring (bicyclic) bond motifs is 1. The van der Waals surface area contributed by atoms with Crippen LogP contribution in [-0.2, 0) is 4.74 Å². The average molecular weight is 279 g/mol. The van der Waals surface area contributed by atoms with Gasteiger partial charge in [-0.05, 0) is 31.2 Å². The van der Waals surface area contributed by atoms with Crippen LogP contribution in [0, 0.1) is 0 Å². The summed E-state index contributed by atoms with van der Waals surface area (Å²) in [5.74, 6) is -1.16. The lowest BCUT2D eigenvalue weighted by Gasteiger charge is -2.37. The maximum atomic E-state index is 10.7. The Kier molecular flexibility index (Phi) is 3.47. The zero-order valence-electron chi connectivity index (χ0n) is 10.8. The largest absolute Gasteiger partial charge is 0.363 e. The van der Waals surface area contributed by atoms with Gasteiger partial charge in [0.2, 0.25) is 0 Å². The summed E-state index contributed by atoms with van der Waals surface area (Å²) in [5.41, 5.74) is 1.76. The Hall–Kier alpha value is -1.11. The number of aromatic nitrogens is 3. The minimum Gasteiger partial charge on any atom is -0.363 e. The molecule has 1 fully saturated rings. The van der Waals surface area contributed by atoms with Gasteiger partial charge in [-0.25, -0.2) is 4.68 Å². The molecule has 102 valence electrons. The summed E-state index contributed by atoms with van der Waals surface area (Å²) < 4.78 is 7.41. The van der Waals surface area contributed by atoms with Gasteiger partial charge in [-0.1, -0.05) is 17.3 Å². The smallest absolute Gasteiger partial charge is 0.198 e. The van der Waals surface area contributed by atoms with Crippen molar-refractivity contribution in [2.24, 2.45) is 0 Å². The summed E-state index contributed by atoms with van der Waals surface area (Å²) in [4.78, 5) is 0. The lowest BCUT2D eigenvalue weighted by molar-refractivity contribution is -0.235. The second-order valence-electron chi connectivity index (χ2n) is 4.76. The summed E-state index contributed by atoms with van der Waals surface area (Å²) in [7, 11) is 0.